The van der Waals surface area contributed by atoms with E-state index in [4.69, 9.17) is 5.73 Å². The van der Waals surface area contributed by atoms with Crippen LogP contribution in [0, 0.1) is 13.8 Å². The molecule has 1 heterocycles. The molecule has 3 N–H and O–H groups in total. The normalized spacial score (nSPS) is 10.7. The van der Waals surface area contributed by atoms with Crippen molar-refractivity contribution in [2.24, 2.45) is 5.73 Å². The second-order valence-electron chi connectivity index (χ2n) is 3.57. The van der Waals surface area contributed by atoms with Gasteiger partial charge in [0.2, 0.25) is 0 Å². The minimum Gasteiger partial charge on any atom is -0.366 e. The topological polar surface area (TPSA) is 58.9 Å². The van der Waals surface area contributed by atoms with E-state index in [0.717, 1.165) is 16.5 Å². The maximum Gasteiger partial charge on any atom is 0.250 e. The van der Waals surface area contributed by atoms with Gasteiger partial charge in [-0.25, -0.2) is 0 Å². The van der Waals surface area contributed by atoms with Gasteiger partial charge in [-0.05, 0) is 31.0 Å². The molecule has 14 heavy (non-hydrogen) atoms. The van der Waals surface area contributed by atoms with Gasteiger partial charge < -0.3 is 10.7 Å². The second kappa shape index (κ2) is 2.87. The Kier molecular flexibility index (Phi) is 1.81. The number of rotatable bonds is 1. The third kappa shape index (κ3) is 1.18. The van der Waals surface area contributed by atoms with E-state index >= 15 is 0 Å². The summed E-state index contributed by atoms with van der Waals surface area (Å²) in [5.41, 5.74) is 9.06. The molecular formula is C11H12N2O. The van der Waals surface area contributed by atoms with E-state index < -0.39 is 0 Å². The number of nitrogens with two attached hydrogens (primary N) is 1. The van der Waals surface area contributed by atoms with Crippen LogP contribution >= 0.6 is 0 Å². The van der Waals surface area contributed by atoms with Crippen molar-refractivity contribution in [1.29, 1.82) is 0 Å². The van der Waals surface area contributed by atoms with Crippen molar-refractivity contribution in [3.8, 4) is 0 Å². The van der Waals surface area contributed by atoms with E-state index in [2.05, 4.69) is 4.98 Å². The lowest BCUT2D eigenvalue weighted by Gasteiger charge is -2.00. The lowest BCUT2D eigenvalue weighted by atomic mass is 10.0. The van der Waals surface area contributed by atoms with Crippen LogP contribution in [0.1, 0.15) is 21.5 Å². The highest BCUT2D eigenvalue weighted by Gasteiger charge is 2.10. The van der Waals surface area contributed by atoms with E-state index in [9.17, 15) is 4.79 Å². The summed E-state index contributed by atoms with van der Waals surface area (Å²) in [6.07, 6.45) is 1.67. The molecule has 0 radical (unpaired) electrons. The molecule has 0 spiro atoms. The first kappa shape index (κ1) is 8.81. The Labute approximate surface area is 81.9 Å². The summed E-state index contributed by atoms with van der Waals surface area (Å²) in [7, 11) is 0. The average molecular weight is 188 g/mol. The van der Waals surface area contributed by atoms with Gasteiger partial charge in [-0.1, -0.05) is 6.07 Å². The van der Waals surface area contributed by atoms with E-state index in [1.165, 1.54) is 5.56 Å². The highest BCUT2D eigenvalue weighted by molar-refractivity contribution is 6.07. The zero-order valence-corrected chi connectivity index (χ0v) is 8.22. The van der Waals surface area contributed by atoms with Crippen LogP contribution in [0.25, 0.3) is 10.9 Å². The fraction of sp³-hybridized carbons (Fsp3) is 0.182. The predicted molar refractivity (Wildman–Crippen MR) is 56.3 cm³/mol. The molecule has 1 aromatic heterocycles. The number of hydrogen-bond donors (Lipinski definition) is 2. The number of nitrogens with one attached hydrogen (secondary N) is 1. The predicted octanol–water partition coefficient (Wildman–Crippen LogP) is 1.88. The van der Waals surface area contributed by atoms with Gasteiger partial charge in [-0.2, -0.15) is 0 Å². The summed E-state index contributed by atoms with van der Waals surface area (Å²) in [5, 5.41) is 0.933. The molecule has 2 aromatic rings. The molecule has 0 aliphatic rings. The Morgan fingerprint density at radius 2 is 2.07 bits per heavy atom. The number of carbonyl (C=O) groups excluding carboxylic acids is 1. The fourth-order valence-electron chi connectivity index (χ4n) is 1.86. The van der Waals surface area contributed by atoms with Gasteiger partial charge in [0.05, 0.1) is 5.56 Å². The fourth-order valence-corrected chi connectivity index (χ4v) is 1.86. The van der Waals surface area contributed by atoms with Crippen LogP contribution in [-0.2, 0) is 0 Å². The highest BCUT2D eigenvalue weighted by Crippen LogP contribution is 2.23. The number of aryl methyl sites for hydroxylation is 2. The molecule has 1 aromatic carbocycles. The maximum absolute atomic E-state index is 11.1. The number of hydrogen-bond acceptors (Lipinski definition) is 1. The number of carbonyl (C=O) groups is 1. The Hall–Kier alpha value is -1.77. The molecule has 2 rings (SSSR count). The first-order chi connectivity index (χ1) is 6.59. The Morgan fingerprint density at radius 1 is 1.36 bits per heavy atom. The van der Waals surface area contributed by atoms with Crippen LogP contribution < -0.4 is 5.73 Å². The molecule has 3 heteroatoms. The van der Waals surface area contributed by atoms with Gasteiger partial charge in [0.25, 0.3) is 5.91 Å². The first-order valence-electron chi connectivity index (χ1n) is 4.47. The van der Waals surface area contributed by atoms with Gasteiger partial charge in [0, 0.05) is 17.1 Å². The molecule has 0 saturated carbocycles. The first-order valence-corrected chi connectivity index (χ1v) is 4.47. The van der Waals surface area contributed by atoms with Crippen LogP contribution in [-0.4, -0.2) is 10.9 Å². The standard InChI is InChI=1S/C11H12N2O/c1-6-3-7(2)10-8(11(12)14)5-13-9(10)4-6/h3-5,13H,1-2H3,(H2,12,14). The zero-order valence-electron chi connectivity index (χ0n) is 8.22. The molecule has 0 unspecified atom stereocenters. The van der Waals surface area contributed by atoms with Crippen LogP contribution in [0.5, 0.6) is 0 Å². The third-order valence-electron chi connectivity index (χ3n) is 2.39. The van der Waals surface area contributed by atoms with Gasteiger partial charge in [-0.15, -0.1) is 0 Å². The van der Waals surface area contributed by atoms with Crippen molar-refractivity contribution in [2.45, 2.75) is 13.8 Å². The summed E-state index contributed by atoms with van der Waals surface area (Å²) in [4.78, 5) is 14.2. The lowest BCUT2D eigenvalue weighted by Crippen LogP contribution is -2.10. The van der Waals surface area contributed by atoms with E-state index in [-0.39, 0.29) is 5.91 Å². The van der Waals surface area contributed by atoms with Crippen molar-refractivity contribution in [3.63, 3.8) is 0 Å². The highest BCUT2D eigenvalue weighted by atomic mass is 16.1. The zero-order chi connectivity index (χ0) is 10.3. The second-order valence-corrected chi connectivity index (χ2v) is 3.57. The maximum atomic E-state index is 11.1. The molecule has 3 nitrogen and oxygen atoms in total. The van der Waals surface area contributed by atoms with Crippen molar-refractivity contribution in [2.75, 3.05) is 0 Å². The number of benzene rings is 1. The summed E-state index contributed by atoms with van der Waals surface area (Å²) in [6, 6.07) is 4.05. The van der Waals surface area contributed by atoms with Crippen molar-refractivity contribution in [1.82, 2.24) is 4.98 Å². The summed E-state index contributed by atoms with van der Waals surface area (Å²) in [5.74, 6) is -0.386. The number of H-pyrrole nitrogens is 1. The molecular weight excluding hydrogens is 176 g/mol. The van der Waals surface area contributed by atoms with E-state index in [1.807, 2.05) is 26.0 Å². The number of amides is 1. The van der Waals surface area contributed by atoms with Crippen LogP contribution in [0.2, 0.25) is 0 Å². The lowest BCUT2D eigenvalue weighted by molar-refractivity contribution is 0.100. The monoisotopic (exact) mass is 188 g/mol. The third-order valence-corrected chi connectivity index (χ3v) is 2.39. The Bertz CT molecular complexity index is 511. The van der Waals surface area contributed by atoms with Crippen LogP contribution in [0.3, 0.4) is 0 Å². The quantitative estimate of drug-likeness (QED) is 0.705. The SMILES string of the molecule is Cc1cc(C)c2c(C(N)=O)c[nH]c2c1. The summed E-state index contributed by atoms with van der Waals surface area (Å²) in [6.45, 7) is 4.01. The number of aromatic amines is 1. The molecule has 0 fully saturated rings. The Balaban J connectivity index is 2.85. The van der Waals surface area contributed by atoms with Gasteiger partial charge in [-0.3, -0.25) is 4.79 Å². The number of fused-ring (bicyclic) bond motifs is 1. The molecule has 72 valence electrons. The van der Waals surface area contributed by atoms with E-state index in [0.29, 0.717) is 5.56 Å². The minimum atomic E-state index is -0.386. The van der Waals surface area contributed by atoms with Crippen molar-refractivity contribution >= 4 is 16.8 Å². The molecule has 1 amide bonds. The summed E-state index contributed by atoms with van der Waals surface area (Å²) >= 11 is 0. The van der Waals surface area contributed by atoms with Crippen molar-refractivity contribution in [3.05, 3.63) is 35.0 Å². The molecule has 0 atom stereocenters. The van der Waals surface area contributed by atoms with Crippen LogP contribution in [0.4, 0.5) is 0 Å². The summed E-state index contributed by atoms with van der Waals surface area (Å²) < 4.78 is 0. The minimum absolute atomic E-state index is 0.386. The Morgan fingerprint density at radius 3 is 2.71 bits per heavy atom. The smallest absolute Gasteiger partial charge is 0.250 e. The van der Waals surface area contributed by atoms with Crippen LogP contribution in [0.15, 0.2) is 18.3 Å². The van der Waals surface area contributed by atoms with Gasteiger partial charge in [0.15, 0.2) is 0 Å². The molecule has 0 saturated heterocycles. The van der Waals surface area contributed by atoms with E-state index in [1.54, 1.807) is 6.20 Å². The average Bonchev–Trinajstić information content (AvgIpc) is 2.47. The number of aromatic nitrogens is 1. The molecule has 0 aliphatic carbocycles. The molecule has 0 bridgehead atoms. The largest absolute Gasteiger partial charge is 0.366 e. The van der Waals surface area contributed by atoms with Gasteiger partial charge >= 0.3 is 0 Å². The van der Waals surface area contributed by atoms with Gasteiger partial charge in [0.1, 0.15) is 0 Å². The molecule has 0 aliphatic heterocycles. The van der Waals surface area contributed by atoms with Crippen molar-refractivity contribution < 1.29 is 4.79 Å². The number of primary amides is 1.